The molecule has 1 aliphatic heterocycles. The Morgan fingerprint density at radius 2 is 2.32 bits per heavy atom. The zero-order valence-electron chi connectivity index (χ0n) is 10.9. The van der Waals surface area contributed by atoms with E-state index < -0.39 is 0 Å². The molecule has 1 saturated heterocycles. The van der Waals surface area contributed by atoms with Crippen LogP contribution in [0, 0.1) is 6.92 Å². The first kappa shape index (κ1) is 12.2. The third-order valence-electron chi connectivity index (χ3n) is 3.22. The SMILES string of the molecule is COc1ccc(C)c2sc(N3CCNC(=O)C3)nc12. The maximum atomic E-state index is 11.5. The highest BCUT2D eigenvalue weighted by atomic mass is 32.1. The summed E-state index contributed by atoms with van der Waals surface area (Å²) in [5, 5.41) is 3.71. The summed E-state index contributed by atoms with van der Waals surface area (Å²) in [5.41, 5.74) is 2.06. The monoisotopic (exact) mass is 277 g/mol. The van der Waals surface area contributed by atoms with E-state index in [1.165, 1.54) is 5.56 Å². The molecule has 1 aromatic heterocycles. The minimum absolute atomic E-state index is 0.0502. The Hall–Kier alpha value is -1.82. The Kier molecular flexibility index (Phi) is 3.02. The summed E-state index contributed by atoms with van der Waals surface area (Å²) in [7, 11) is 1.65. The number of methoxy groups -OCH3 is 1. The lowest BCUT2D eigenvalue weighted by molar-refractivity contribution is -0.120. The second-order valence-electron chi connectivity index (χ2n) is 4.53. The quantitative estimate of drug-likeness (QED) is 0.905. The van der Waals surface area contributed by atoms with Gasteiger partial charge in [0.15, 0.2) is 5.13 Å². The molecule has 2 aromatic rings. The molecular formula is C13H15N3O2S. The van der Waals surface area contributed by atoms with Crippen LogP contribution in [0.25, 0.3) is 10.2 Å². The van der Waals surface area contributed by atoms with Crippen molar-refractivity contribution in [1.82, 2.24) is 10.3 Å². The molecule has 0 unspecified atom stereocenters. The summed E-state index contributed by atoms with van der Waals surface area (Å²) in [6.07, 6.45) is 0. The summed E-state index contributed by atoms with van der Waals surface area (Å²) < 4.78 is 6.48. The van der Waals surface area contributed by atoms with Crippen molar-refractivity contribution in [3.63, 3.8) is 0 Å². The molecule has 1 aliphatic rings. The van der Waals surface area contributed by atoms with Gasteiger partial charge in [-0.15, -0.1) is 0 Å². The second kappa shape index (κ2) is 4.70. The molecule has 100 valence electrons. The Bertz CT molecular complexity index is 638. The molecule has 3 rings (SSSR count). The van der Waals surface area contributed by atoms with Gasteiger partial charge in [-0.25, -0.2) is 4.98 Å². The lowest BCUT2D eigenvalue weighted by Gasteiger charge is -2.25. The van der Waals surface area contributed by atoms with Crippen LogP contribution >= 0.6 is 11.3 Å². The van der Waals surface area contributed by atoms with Gasteiger partial charge < -0.3 is 15.0 Å². The van der Waals surface area contributed by atoms with Crippen LogP contribution < -0.4 is 15.0 Å². The molecule has 1 fully saturated rings. The number of aromatic nitrogens is 1. The average Bonchev–Trinajstić information content (AvgIpc) is 2.85. The van der Waals surface area contributed by atoms with Crippen molar-refractivity contribution in [3.05, 3.63) is 17.7 Å². The molecule has 5 nitrogen and oxygen atoms in total. The molecule has 1 aromatic carbocycles. The number of carbonyl (C=O) groups is 1. The van der Waals surface area contributed by atoms with E-state index in [0.29, 0.717) is 13.1 Å². The van der Waals surface area contributed by atoms with Gasteiger partial charge in [-0.3, -0.25) is 4.79 Å². The van der Waals surface area contributed by atoms with Gasteiger partial charge in [0.1, 0.15) is 11.3 Å². The Balaban J connectivity index is 2.05. The van der Waals surface area contributed by atoms with Crippen LogP contribution in [0.4, 0.5) is 5.13 Å². The Morgan fingerprint density at radius 3 is 3.05 bits per heavy atom. The van der Waals surface area contributed by atoms with E-state index in [1.807, 2.05) is 17.0 Å². The average molecular weight is 277 g/mol. The molecular weight excluding hydrogens is 262 g/mol. The maximum Gasteiger partial charge on any atom is 0.239 e. The van der Waals surface area contributed by atoms with Crippen LogP contribution in [0.3, 0.4) is 0 Å². The fraction of sp³-hybridized carbons (Fsp3) is 0.385. The van der Waals surface area contributed by atoms with Crippen molar-refractivity contribution >= 4 is 32.6 Å². The van der Waals surface area contributed by atoms with Crippen molar-refractivity contribution < 1.29 is 9.53 Å². The first-order chi connectivity index (χ1) is 9.19. The minimum Gasteiger partial charge on any atom is -0.494 e. The van der Waals surface area contributed by atoms with Crippen LogP contribution in [0.2, 0.25) is 0 Å². The number of aryl methyl sites for hydroxylation is 1. The highest BCUT2D eigenvalue weighted by Gasteiger charge is 2.21. The van der Waals surface area contributed by atoms with Crippen molar-refractivity contribution in [2.24, 2.45) is 0 Å². The molecule has 2 heterocycles. The normalized spacial score (nSPS) is 15.7. The zero-order chi connectivity index (χ0) is 13.4. The van der Waals surface area contributed by atoms with Gasteiger partial charge in [0.05, 0.1) is 18.4 Å². The predicted molar refractivity (Wildman–Crippen MR) is 76.1 cm³/mol. The third kappa shape index (κ3) is 2.12. The Labute approximate surface area is 115 Å². The molecule has 0 atom stereocenters. The first-order valence-electron chi connectivity index (χ1n) is 6.15. The van der Waals surface area contributed by atoms with Crippen molar-refractivity contribution in [3.8, 4) is 5.75 Å². The van der Waals surface area contributed by atoms with Crippen LogP contribution in [-0.4, -0.2) is 37.6 Å². The molecule has 0 radical (unpaired) electrons. The highest BCUT2D eigenvalue weighted by molar-refractivity contribution is 7.22. The number of piperazine rings is 1. The van der Waals surface area contributed by atoms with E-state index in [9.17, 15) is 4.79 Å². The number of nitrogens with one attached hydrogen (secondary N) is 1. The molecule has 1 N–H and O–H groups in total. The molecule has 6 heteroatoms. The number of amides is 1. The topological polar surface area (TPSA) is 54.5 Å². The number of rotatable bonds is 2. The smallest absolute Gasteiger partial charge is 0.239 e. The van der Waals surface area contributed by atoms with E-state index >= 15 is 0 Å². The van der Waals surface area contributed by atoms with E-state index in [0.717, 1.165) is 27.6 Å². The summed E-state index contributed by atoms with van der Waals surface area (Å²) in [5.74, 6) is 0.832. The molecule has 0 saturated carbocycles. The van der Waals surface area contributed by atoms with Gasteiger partial charge in [0.2, 0.25) is 5.91 Å². The number of fused-ring (bicyclic) bond motifs is 1. The molecule has 0 bridgehead atoms. The fourth-order valence-corrected chi connectivity index (χ4v) is 3.28. The van der Waals surface area contributed by atoms with Gasteiger partial charge in [-0.1, -0.05) is 17.4 Å². The molecule has 0 aliphatic carbocycles. The summed E-state index contributed by atoms with van der Waals surface area (Å²) in [6, 6.07) is 3.97. The van der Waals surface area contributed by atoms with E-state index in [1.54, 1.807) is 18.4 Å². The lowest BCUT2D eigenvalue weighted by Crippen LogP contribution is -2.47. The van der Waals surface area contributed by atoms with Gasteiger partial charge in [0, 0.05) is 13.1 Å². The first-order valence-corrected chi connectivity index (χ1v) is 6.96. The van der Waals surface area contributed by atoms with Crippen LogP contribution in [0.5, 0.6) is 5.75 Å². The summed E-state index contributed by atoms with van der Waals surface area (Å²) in [4.78, 5) is 18.1. The number of thiazole rings is 1. The van der Waals surface area contributed by atoms with Crippen LogP contribution in [0.15, 0.2) is 12.1 Å². The Morgan fingerprint density at radius 1 is 1.47 bits per heavy atom. The van der Waals surface area contributed by atoms with E-state index in [4.69, 9.17) is 4.74 Å². The highest BCUT2D eigenvalue weighted by Crippen LogP contribution is 2.36. The third-order valence-corrected chi connectivity index (χ3v) is 4.47. The molecule has 1 amide bonds. The summed E-state index contributed by atoms with van der Waals surface area (Å²) >= 11 is 1.62. The van der Waals surface area contributed by atoms with Gasteiger partial charge in [0.25, 0.3) is 0 Å². The number of anilines is 1. The number of nitrogens with zero attached hydrogens (tertiary/aromatic N) is 2. The number of carbonyl (C=O) groups excluding carboxylic acids is 1. The standard InChI is InChI=1S/C13H15N3O2S/c1-8-3-4-9(18-2)11-12(8)19-13(15-11)16-6-5-14-10(17)7-16/h3-4H,5-7H2,1-2H3,(H,14,17). The van der Waals surface area contributed by atoms with E-state index in [2.05, 4.69) is 17.2 Å². The zero-order valence-corrected chi connectivity index (χ0v) is 11.7. The predicted octanol–water partition coefficient (Wildman–Crippen LogP) is 1.55. The van der Waals surface area contributed by atoms with Gasteiger partial charge >= 0.3 is 0 Å². The van der Waals surface area contributed by atoms with Crippen molar-refractivity contribution in [2.75, 3.05) is 31.6 Å². The summed E-state index contributed by atoms with van der Waals surface area (Å²) in [6.45, 7) is 3.91. The maximum absolute atomic E-state index is 11.5. The number of benzene rings is 1. The van der Waals surface area contributed by atoms with E-state index in [-0.39, 0.29) is 5.91 Å². The van der Waals surface area contributed by atoms with Crippen LogP contribution in [0.1, 0.15) is 5.56 Å². The molecule has 19 heavy (non-hydrogen) atoms. The largest absolute Gasteiger partial charge is 0.494 e. The second-order valence-corrected chi connectivity index (χ2v) is 5.51. The van der Waals surface area contributed by atoms with Gasteiger partial charge in [-0.05, 0) is 18.6 Å². The van der Waals surface area contributed by atoms with Crippen molar-refractivity contribution in [2.45, 2.75) is 6.92 Å². The van der Waals surface area contributed by atoms with Crippen molar-refractivity contribution in [1.29, 1.82) is 0 Å². The lowest BCUT2D eigenvalue weighted by atomic mass is 10.2. The minimum atomic E-state index is 0.0502. The number of ether oxygens (including phenoxy) is 1. The fourth-order valence-electron chi connectivity index (χ4n) is 2.20. The van der Waals surface area contributed by atoms with Gasteiger partial charge in [-0.2, -0.15) is 0 Å². The number of hydrogen-bond acceptors (Lipinski definition) is 5. The van der Waals surface area contributed by atoms with Crippen LogP contribution in [-0.2, 0) is 4.79 Å². The number of hydrogen-bond donors (Lipinski definition) is 1. The molecule has 0 spiro atoms.